The standard InChI is InChI=1S/C28H22N2O5/c1-18-6-3-4-9-23(18)25(31)15-12-19-10-13-20(14-11-19)27(32)29-22-8-5-7-21(16-22)26-17-24(30-35-26)28(33)34-2/h3-17H,1-2H3,(H,29,32)/b15-12+. The Balaban J connectivity index is 1.42. The number of esters is 1. The molecule has 0 aliphatic heterocycles. The van der Waals surface area contributed by atoms with E-state index in [1.54, 1.807) is 60.7 Å². The van der Waals surface area contributed by atoms with Crippen LogP contribution in [0, 0.1) is 6.92 Å². The van der Waals surface area contributed by atoms with Crippen LogP contribution in [0.4, 0.5) is 5.69 Å². The zero-order valence-electron chi connectivity index (χ0n) is 19.1. The summed E-state index contributed by atoms with van der Waals surface area (Å²) in [5.74, 6) is -0.586. The topological polar surface area (TPSA) is 98.5 Å². The van der Waals surface area contributed by atoms with Gasteiger partial charge in [0.05, 0.1) is 7.11 Å². The van der Waals surface area contributed by atoms with E-state index < -0.39 is 5.97 Å². The minimum absolute atomic E-state index is 0.0617. The maximum atomic E-state index is 12.7. The average molecular weight is 466 g/mol. The molecule has 0 aliphatic rings. The number of carbonyl (C=O) groups excluding carboxylic acids is 3. The van der Waals surface area contributed by atoms with Crippen LogP contribution in [0.5, 0.6) is 0 Å². The molecular weight excluding hydrogens is 444 g/mol. The number of benzene rings is 3. The van der Waals surface area contributed by atoms with Gasteiger partial charge >= 0.3 is 5.97 Å². The van der Waals surface area contributed by atoms with Gasteiger partial charge in [-0.05, 0) is 48.4 Å². The molecule has 1 aromatic heterocycles. The maximum Gasteiger partial charge on any atom is 0.360 e. The first-order valence-corrected chi connectivity index (χ1v) is 10.8. The van der Waals surface area contributed by atoms with Gasteiger partial charge in [0.15, 0.2) is 17.2 Å². The summed E-state index contributed by atoms with van der Waals surface area (Å²) in [6.45, 7) is 1.90. The first-order chi connectivity index (χ1) is 16.9. The molecule has 0 saturated carbocycles. The third-order valence-corrected chi connectivity index (χ3v) is 5.32. The normalized spacial score (nSPS) is 10.8. The second kappa shape index (κ2) is 10.4. The molecule has 7 heteroatoms. The Bertz CT molecular complexity index is 1420. The first kappa shape index (κ1) is 23.4. The molecule has 0 atom stereocenters. The van der Waals surface area contributed by atoms with Crippen molar-refractivity contribution in [3.8, 4) is 11.3 Å². The fourth-order valence-corrected chi connectivity index (χ4v) is 3.42. The third-order valence-electron chi connectivity index (χ3n) is 5.32. The van der Waals surface area contributed by atoms with E-state index in [4.69, 9.17) is 4.52 Å². The lowest BCUT2D eigenvalue weighted by atomic mass is 10.0. The number of methoxy groups -OCH3 is 1. The molecule has 0 bridgehead atoms. The van der Waals surface area contributed by atoms with E-state index in [9.17, 15) is 14.4 Å². The lowest BCUT2D eigenvalue weighted by Gasteiger charge is -2.07. The number of aromatic nitrogens is 1. The van der Waals surface area contributed by atoms with Crippen molar-refractivity contribution in [3.63, 3.8) is 0 Å². The number of hydrogen-bond donors (Lipinski definition) is 1. The molecule has 7 nitrogen and oxygen atoms in total. The highest BCUT2D eigenvalue weighted by Crippen LogP contribution is 2.24. The van der Waals surface area contributed by atoms with Crippen molar-refractivity contribution in [2.75, 3.05) is 12.4 Å². The number of rotatable bonds is 7. The smallest absolute Gasteiger partial charge is 0.360 e. The van der Waals surface area contributed by atoms with Crippen molar-refractivity contribution in [2.24, 2.45) is 0 Å². The summed E-state index contributed by atoms with van der Waals surface area (Å²) in [7, 11) is 1.26. The molecule has 1 heterocycles. The first-order valence-electron chi connectivity index (χ1n) is 10.8. The molecule has 3 aromatic carbocycles. The summed E-state index contributed by atoms with van der Waals surface area (Å²) in [4.78, 5) is 36.7. The molecule has 174 valence electrons. The van der Waals surface area contributed by atoms with Crippen LogP contribution >= 0.6 is 0 Å². The average Bonchev–Trinajstić information content (AvgIpc) is 3.38. The largest absolute Gasteiger partial charge is 0.464 e. The van der Waals surface area contributed by atoms with Crippen LogP contribution in [-0.2, 0) is 4.74 Å². The van der Waals surface area contributed by atoms with E-state index in [2.05, 4.69) is 15.2 Å². The van der Waals surface area contributed by atoms with Gasteiger partial charge in [-0.2, -0.15) is 0 Å². The molecule has 0 saturated heterocycles. The number of hydrogen-bond acceptors (Lipinski definition) is 6. The Hall–Kier alpha value is -4.78. The zero-order chi connectivity index (χ0) is 24.8. The van der Waals surface area contributed by atoms with Crippen LogP contribution in [0.15, 0.2) is 89.5 Å². The predicted octanol–water partition coefficient (Wildman–Crippen LogP) is 5.59. The molecule has 0 fully saturated rings. The summed E-state index contributed by atoms with van der Waals surface area (Å²) >= 11 is 0. The minimum Gasteiger partial charge on any atom is -0.464 e. The highest BCUT2D eigenvalue weighted by atomic mass is 16.5. The molecular formula is C28H22N2O5. The lowest BCUT2D eigenvalue weighted by molar-refractivity contribution is 0.0589. The molecule has 1 amide bonds. The fourth-order valence-electron chi connectivity index (χ4n) is 3.42. The van der Waals surface area contributed by atoms with Crippen molar-refractivity contribution < 1.29 is 23.6 Å². The van der Waals surface area contributed by atoms with Crippen LogP contribution in [0.1, 0.15) is 42.3 Å². The summed E-state index contributed by atoms with van der Waals surface area (Å²) in [5, 5.41) is 6.54. The number of carbonyl (C=O) groups is 3. The van der Waals surface area contributed by atoms with Gasteiger partial charge < -0.3 is 14.6 Å². The van der Waals surface area contributed by atoms with Gasteiger partial charge in [0.2, 0.25) is 0 Å². The molecule has 0 unspecified atom stereocenters. The summed E-state index contributed by atoms with van der Waals surface area (Å²) < 4.78 is 9.84. The van der Waals surface area contributed by atoms with Crippen LogP contribution in [-0.4, -0.2) is 29.9 Å². The van der Waals surface area contributed by atoms with Crippen LogP contribution in [0.2, 0.25) is 0 Å². The molecule has 35 heavy (non-hydrogen) atoms. The summed E-state index contributed by atoms with van der Waals surface area (Å²) in [5.41, 5.74) is 4.11. The van der Waals surface area contributed by atoms with E-state index in [-0.39, 0.29) is 17.4 Å². The van der Waals surface area contributed by atoms with Gasteiger partial charge in [-0.15, -0.1) is 0 Å². The number of ether oxygens (including phenoxy) is 1. The Morgan fingerprint density at radius 1 is 0.943 bits per heavy atom. The number of amides is 1. The second-order valence-corrected chi connectivity index (χ2v) is 7.74. The maximum absolute atomic E-state index is 12.7. The monoisotopic (exact) mass is 466 g/mol. The molecule has 4 aromatic rings. The van der Waals surface area contributed by atoms with E-state index in [0.717, 1.165) is 11.1 Å². The quantitative estimate of drug-likeness (QED) is 0.217. The number of allylic oxidation sites excluding steroid dienone is 1. The van der Waals surface area contributed by atoms with Crippen molar-refractivity contribution in [1.82, 2.24) is 5.16 Å². The van der Waals surface area contributed by atoms with Crippen molar-refractivity contribution >= 4 is 29.4 Å². The fraction of sp³-hybridized carbons (Fsp3) is 0.0714. The van der Waals surface area contributed by atoms with E-state index in [1.165, 1.54) is 19.3 Å². The second-order valence-electron chi connectivity index (χ2n) is 7.74. The van der Waals surface area contributed by atoms with E-state index >= 15 is 0 Å². The molecule has 0 aliphatic carbocycles. The van der Waals surface area contributed by atoms with Gasteiger partial charge in [-0.25, -0.2) is 4.79 Å². The predicted molar refractivity (Wildman–Crippen MR) is 132 cm³/mol. The number of anilines is 1. The van der Waals surface area contributed by atoms with Gasteiger partial charge in [-0.1, -0.05) is 59.8 Å². The van der Waals surface area contributed by atoms with Gasteiger partial charge in [0.1, 0.15) is 0 Å². The van der Waals surface area contributed by atoms with Gasteiger partial charge in [0, 0.05) is 28.4 Å². The van der Waals surface area contributed by atoms with E-state index in [1.807, 2.05) is 25.1 Å². The lowest BCUT2D eigenvalue weighted by Crippen LogP contribution is -2.11. The van der Waals surface area contributed by atoms with Gasteiger partial charge in [-0.3, -0.25) is 9.59 Å². The van der Waals surface area contributed by atoms with Crippen molar-refractivity contribution in [3.05, 3.63) is 113 Å². The Morgan fingerprint density at radius 3 is 2.46 bits per heavy atom. The Labute approximate surface area is 202 Å². The highest BCUT2D eigenvalue weighted by molar-refractivity contribution is 6.08. The molecule has 1 N–H and O–H groups in total. The number of nitrogens with zero attached hydrogens (tertiary/aromatic N) is 1. The molecule has 0 radical (unpaired) electrons. The zero-order valence-corrected chi connectivity index (χ0v) is 19.1. The van der Waals surface area contributed by atoms with Crippen molar-refractivity contribution in [2.45, 2.75) is 6.92 Å². The van der Waals surface area contributed by atoms with Crippen LogP contribution < -0.4 is 5.32 Å². The Morgan fingerprint density at radius 2 is 1.71 bits per heavy atom. The third kappa shape index (κ3) is 5.59. The van der Waals surface area contributed by atoms with Crippen LogP contribution in [0.3, 0.4) is 0 Å². The number of ketones is 1. The molecule has 0 spiro atoms. The SMILES string of the molecule is COC(=O)c1cc(-c2cccc(NC(=O)c3ccc(/C=C/C(=O)c4ccccc4C)cc3)c2)on1. The molecule has 4 rings (SSSR count). The van der Waals surface area contributed by atoms with Gasteiger partial charge in [0.25, 0.3) is 5.91 Å². The summed E-state index contributed by atoms with van der Waals surface area (Å²) in [6.07, 6.45) is 3.25. The van der Waals surface area contributed by atoms with Crippen molar-refractivity contribution in [1.29, 1.82) is 0 Å². The highest BCUT2D eigenvalue weighted by Gasteiger charge is 2.14. The summed E-state index contributed by atoms with van der Waals surface area (Å²) in [6, 6.07) is 22.8. The minimum atomic E-state index is -0.595. The number of aryl methyl sites for hydroxylation is 1. The van der Waals surface area contributed by atoms with E-state index in [0.29, 0.717) is 28.1 Å². The number of nitrogens with one attached hydrogen (secondary N) is 1. The van der Waals surface area contributed by atoms with Crippen LogP contribution in [0.25, 0.3) is 17.4 Å². The Kier molecular flexibility index (Phi) is 6.97.